The van der Waals surface area contributed by atoms with E-state index in [1.165, 1.54) is 24.8 Å². The lowest BCUT2D eigenvalue weighted by Gasteiger charge is -2.02. The van der Waals surface area contributed by atoms with Crippen LogP contribution in [0.5, 0.6) is 0 Å². The number of imidazole rings is 1. The lowest BCUT2D eigenvalue weighted by molar-refractivity contribution is 0.608. The number of nitrogens with zero attached hydrogens (tertiary/aromatic N) is 2. The maximum absolute atomic E-state index is 4.38. The first-order valence-electron chi connectivity index (χ1n) is 5.33. The van der Waals surface area contributed by atoms with Gasteiger partial charge in [-0.2, -0.15) is 0 Å². The van der Waals surface area contributed by atoms with Crippen LogP contribution in [0.2, 0.25) is 0 Å². The third-order valence-electron chi connectivity index (χ3n) is 3.00. The van der Waals surface area contributed by atoms with Crippen LogP contribution >= 0.6 is 0 Å². The van der Waals surface area contributed by atoms with Gasteiger partial charge in [0.25, 0.3) is 0 Å². The second-order valence-corrected chi connectivity index (χ2v) is 4.16. The fourth-order valence-corrected chi connectivity index (χ4v) is 1.92. The number of hydrogen-bond acceptors (Lipinski definition) is 1. The Morgan fingerprint density at radius 2 is 2.14 bits per heavy atom. The van der Waals surface area contributed by atoms with E-state index < -0.39 is 0 Å². The van der Waals surface area contributed by atoms with E-state index in [-0.39, 0.29) is 0 Å². The van der Waals surface area contributed by atoms with Crippen LogP contribution in [0.3, 0.4) is 0 Å². The van der Waals surface area contributed by atoms with E-state index >= 15 is 0 Å². The van der Waals surface area contributed by atoms with Gasteiger partial charge in [0.2, 0.25) is 0 Å². The highest BCUT2D eigenvalue weighted by Gasteiger charge is 2.20. The van der Waals surface area contributed by atoms with Gasteiger partial charge >= 0.3 is 0 Å². The first-order valence-corrected chi connectivity index (χ1v) is 5.33. The molecule has 0 aliphatic heterocycles. The van der Waals surface area contributed by atoms with Crippen LogP contribution in [-0.2, 0) is 6.54 Å². The molecule has 14 heavy (non-hydrogen) atoms. The number of benzene rings is 1. The molecule has 1 aliphatic rings. The van der Waals surface area contributed by atoms with E-state index in [0.29, 0.717) is 0 Å². The van der Waals surface area contributed by atoms with Crippen molar-refractivity contribution >= 4 is 11.0 Å². The van der Waals surface area contributed by atoms with Crippen LogP contribution in [0, 0.1) is 5.92 Å². The molecule has 2 heteroatoms. The number of hydrogen-bond donors (Lipinski definition) is 0. The number of aryl methyl sites for hydroxylation is 1. The van der Waals surface area contributed by atoms with Gasteiger partial charge in [-0.05, 0) is 24.5 Å². The molecule has 0 saturated heterocycles. The molecule has 3 rings (SSSR count). The highest BCUT2D eigenvalue weighted by molar-refractivity contribution is 5.74. The van der Waals surface area contributed by atoms with Gasteiger partial charge < -0.3 is 4.57 Å². The van der Waals surface area contributed by atoms with Crippen molar-refractivity contribution in [2.75, 3.05) is 0 Å². The van der Waals surface area contributed by atoms with Gasteiger partial charge in [-0.15, -0.1) is 0 Å². The standard InChI is InChI=1S/C12H14N2/c1-2-4-12-11(3-1)13-9-14(12)8-7-10-5-6-10/h1-4,9-10H,5-8H2. The van der Waals surface area contributed by atoms with Crippen LogP contribution in [0.4, 0.5) is 0 Å². The maximum Gasteiger partial charge on any atom is 0.0958 e. The molecule has 0 unspecified atom stereocenters. The zero-order valence-electron chi connectivity index (χ0n) is 8.19. The Morgan fingerprint density at radius 1 is 1.29 bits per heavy atom. The van der Waals surface area contributed by atoms with E-state index in [9.17, 15) is 0 Å². The summed E-state index contributed by atoms with van der Waals surface area (Å²) in [5.41, 5.74) is 2.39. The highest BCUT2D eigenvalue weighted by Crippen LogP contribution is 2.33. The number of rotatable bonds is 3. The topological polar surface area (TPSA) is 17.8 Å². The Hall–Kier alpha value is -1.31. The van der Waals surface area contributed by atoms with E-state index in [1.807, 2.05) is 12.4 Å². The molecule has 1 fully saturated rings. The second-order valence-electron chi connectivity index (χ2n) is 4.16. The molecule has 0 N–H and O–H groups in total. The SMILES string of the molecule is c1ccc2c(c1)ncn2CCC1CC1. The van der Waals surface area contributed by atoms with E-state index in [0.717, 1.165) is 18.0 Å². The molecule has 1 aromatic carbocycles. The quantitative estimate of drug-likeness (QED) is 0.720. The normalized spacial score (nSPS) is 16.3. The van der Waals surface area contributed by atoms with Crippen LogP contribution in [0.15, 0.2) is 30.6 Å². The molecule has 0 bridgehead atoms. The summed E-state index contributed by atoms with van der Waals surface area (Å²) in [6, 6.07) is 8.34. The summed E-state index contributed by atoms with van der Waals surface area (Å²) < 4.78 is 2.27. The molecule has 1 aromatic heterocycles. The Kier molecular flexibility index (Phi) is 1.79. The van der Waals surface area contributed by atoms with Gasteiger partial charge in [-0.3, -0.25) is 0 Å². The minimum atomic E-state index is 0.996. The average molecular weight is 186 g/mol. The van der Waals surface area contributed by atoms with Crippen LogP contribution in [0.1, 0.15) is 19.3 Å². The van der Waals surface area contributed by atoms with Gasteiger partial charge in [0.05, 0.1) is 17.4 Å². The van der Waals surface area contributed by atoms with Crippen molar-refractivity contribution in [3.63, 3.8) is 0 Å². The van der Waals surface area contributed by atoms with Gasteiger partial charge in [-0.25, -0.2) is 4.98 Å². The first-order chi connectivity index (χ1) is 6.93. The lowest BCUT2D eigenvalue weighted by atomic mass is 10.3. The molecule has 2 nitrogen and oxygen atoms in total. The molecule has 0 spiro atoms. The zero-order chi connectivity index (χ0) is 9.38. The summed E-state index contributed by atoms with van der Waals surface area (Å²) in [4.78, 5) is 4.38. The molecule has 1 saturated carbocycles. The average Bonchev–Trinajstić information content (AvgIpc) is 2.96. The van der Waals surface area contributed by atoms with Crippen molar-refractivity contribution in [3.05, 3.63) is 30.6 Å². The summed E-state index contributed by atoms with van der Waals surface area (Å²) in [5, 5.41) is 0. The monoisotopic (exact) mass is 186 g/mol. The first kappa shape index (κ1) is 8.04. The van der Waals surface area contributed by atoms with Gasteiger partial charge in [-0.1, -0.05) is 25.0 Å². The molecule has 0 atom stereocenters. The summed E-state index contributed by atoms with van der Waals surface area (Å²) >= 11 is 0. The van der Waals surface area contributed by atoms with Crippen molar-refractivity contribution in [1.29, 1.82) is 0 Å². The van der Waals surface area contributed by atoms with Crippen LogP contribution in [0.25, 0.3) is 11.0 Å². The third kappa shape index (κ3) is 1.41. The third-order valence-corrected chi connectivity index (χ3v) is 3.00. The van der Waals surface area contributed by atoms with Crippen LogP contribution < -0.4 is 0 Å². The predicted octanol–water partition coefficient (Wildman–Crippen LogP) is 2.84. The van der Waals surface area contributed by atoms with E-state index in [2.05, 4.69) is 27.8 Å². The largest absolute Gasteiger partial charge is 0.331 e. The number of para-hydroxylation sites is 2. The zero-order valence-corrected chi connectivity index (χ0v) is 8.19. The summed E-state index contributed by atoms with van der Waals surface area (Å²) in [7, 11) is 0. The minimum Gasteiger partial charge on any atom is -0.331 e. The Bertz CT molecular complexity index is 440. The molecule has 2 aromatic rings. The number of fused-ring (bicyclic) bond motifs is 1. The van der Waals surface area contributed by atoms with E-state index in [4.69, 9.17) is 0 Å². The fourth-order valence-electron chi connectivity index (χ4n) is 1.92. The Labute approximate surface area is 83.6 Å². The molecular weight excluding hydrogens is 172 g/mol. The Balaban J connectivity index is 1.87. The molecular formula is C12H14N2. The smallest absolute Gasteiger partial charge is 0.0958 e. The lowest BCUT2D eigenvalue weighted by Crippen LogP contribution is -1.96. The summed E-state index contributed by atoms with van der Waals surface area (Å²) in [6.45, 7) is 1.13. The van der Waals surface area contributed by atoms with E-state index in [1.54, 1.807) is 0 Å². The van der Waals surface area contributed by atoms with Crippen molar-refractivity contribution in [1.82, 2.24) is 9.55 Å². The van der Waals surface area contributed by atoms with Gasteiger partial charge in [0.15, 0.2) is 0 Å². The van der Waals surface area contributed by atoms with Crippen LogP contribution in [-0.4, -0.2) is 9.55 Å². The van der Waals surface area contributed by atoms with Crippen molar-refractivity contribution < 1.29 is 0 Å². The maximum atomic E-state index is 4.38. The highest BCUT2D eigenvalue weighted by atomic mass is 15.0. The predicted molar refractivity (Wildman–Crippen MR) is 57.1 cm³/mol. The number of aromatic nitrogens is 2. The van der Waals surface area contributed by atoms with Crippen molar-refractivity contribution in [3.8, 4) is 0 Å². The van der Waals surface area contributed by atoms with Gasteiger partial charge in [0, 0.05) is 6.54 Å². The van der Waals surface area contributed by atoms with Crippen molar-refractivity contribution in [2.24, 2.45) is 5.92 Å². The molecule has 1 aliphatic carbocycles. The summed E-state index contributed by atoms with van der Waals surface area (Å²) in [6.07, 6.45) is 6.16. The minimum absolute atomic E-state index is 0.996. The van der Waals surface area contributed by atoms with Crippen molar-refractivity contribution in [2.45, 2.75) is 25.8 Å². The Morgan fingerprint density at radius 3 is 3.00 bits per heavy atom. The molecule has 72 valence electrons. The molecule has 0 amide bonds. The second kappa shape index (κ2) is 3.12. The van der Waals surface area contributed by atoms with Gasteiger partial charge in [0.1, 0.15) is 0 Å². The molecule has 1 heterocycles. The fraction of sp³-hybridized carbons (Fsp3) is 0.417. The molecule has 0 radical (unpaired) electrons. The summed E-state index contributed by atoms with van der Waals surface area (Å²) in [5.74, 6) is 0.996.